The van der Waals surface area contributed by atoms with Gasteiger partial charge in [-0.2, -0.15) is 0 Å². The number of halogens is 2. The van der Waals surface area contributed by atoms with Crippen molar-refractivity contribution in [2.45, 2.75) is 25.4 Å². The Hall–Kier alpha value is -2.78. The molecule has 0 unspecified atom stereocenters. The van der Waals surface area contributed by atoms with Gasteiger partial charge in [0.05, 0.1) is 35.5 Å². The van der Waals surface area contributed by atoms with Crippen LogP contribution in [0, 0.1) is 0 Å². The molecule has 0 aliphatic carbocycles. The van der Waals surface area contributed by atoms with E-state index in [0.717, 1.165) is 6.92 Å². The molecule has 2 aromatic carbocycles. The molecule has 1 aromatic heterocycles. The number of rotatable bonds is 7. The second-order valence-electron chi connectivity index (χ2n) is 8.10. The van der Waals surface area contributed by atoms with Crippen molar-refractivity contribution < 1.29 is 30.0 Å². The van der Waals surface area contributed by atoms with Crippen molar-refractivity contribution >= 4 is 34.8 Å². The zero-order valence-corrected chi connectivity index (χ0v) is 20.7. The van der Waals surface area contributed by atoms with E-state index in [1.165, 1.54) is 24.3 Å². The fourth-order valence-corrected chi connectivity index (χ4v) is 4.35. The highest BCUT2D eigenvalue weighted by Gasteiger charge is 2.45. The van der Waals surface area contributed by atoms with Crippen molar-refractivity contribution in [3.05, 3.63) is 76.8 Å². The van der Waals surface area contributed by atoms with Crippen LogP contribution >= 0.6 is 23.2 Å². The molecule has 2 saturated heterocycles. The van der Waals surface area contributed by atoms with Crippen LogP contribution in [0.4, 0.5) is 5.69 Å². The van der Waals surface area contributed by atoms with Crippen LogP contribution in [-0.4, -0.2) is 65.7 Å². The highest BCUT2D eigenvalue weighted by molar-refractivity contribution is 6.35. The Labute approximate surface area is 231 Å². The van der Waals surface area contributed by atoms with Crippen LogP contribution in [0.5, 0.6) is 5.75 Å². The van der Waals surface area contributed by atoms with E-state index in [4.69, 9.17) is 48.4 Å². The van der Waals surface area contributed by atoms with Gasteiger partial charge in [-0.15, -0.1) is 0 Å². The van der Waals surface area contributed by atoms with Gasteiger partial charge in [-0.3, -0.25) is 4.79 Å². The lowest BCUT2D eigenvalue weighted by atomic mass is 10.1. The predicted molar refractivity (Wildman–Crippen MR) is 138 cm³/mol. The molecule has 0 N–H and O–H groups in total. The minimum atomic E-state index is -3.22. The maximum absolute atomic E-state index is 12.1. The first kappa shape index (κ1) is 16.9. The molecule has 2 aliphatic rings. The van der Waals surface area contributed by atoms with Gasteiger partial charge in [0.2, 0.25) is 11.7 Å². The number of hydrogen-bond donors (Lipinski definition) is 0. The van der Waals surface area contributed by atoms with Gasteiger partial charge < -0.3 is 28.6 Å². The number of benzene rings is 2. The van der Waals surface area contributed by atoms with E-state index >= 15 is 0 Å². The summed E-state index contributed by atoms with van der Waals surface area (Å²) in [6.07, 6.45) is 4.45. The van der Waals surface area contributed by atoms with E-state index in [0.29, 0.717) is 26.3 Å². The Balaban J connectivity index is 1.34. The highest BCUT2D eigenvalue weighted by atomic mass is 35.5. The van der Waals surface area contributed by atoms with Crippen molar-refractivity contribution in [2.24, 2.45) is 0 Å². The van der Waals surface area contributed by atoms with Crippen molar-refractivity contribution in [3.8, 4) is 5.75 Å². The van der Waals surface area contributed by atoms with E-state index in [1.807, 2.05) is 0 Å². The molecule has 3 aromatic rings. The van der Waals surface area contributed by atoms with Crippen molar-refractivity contribution in [3.63, 3.8) is 0 Å². The highest BCUT2D eigenvalue weighted by Crippen LogP contribution is 2.40. The molecular formula is C26H28Cl2N4O4. The number of piperazine rings is 1. The summed E-state index contributed by atoms with van der Waals surface area (Å²) in [6.45, 7) is -11.5. The molecule has 190 valence electrons. The number of amides is 1. The lowest BCUT2D eigenvalue weighted by Gasteiger charge is -2.35. The first-order valence-corrected chi connectivity index (χ1v) is 11.8. The standard InChI is InChI=1S/C26H28Cl2N4O4/c1-19(33)31-10-12-32(13-11-31)21-3-5-22(6-4-21)34-15-23-16-35-26(36-23,17-30-9-8-29-18-30)24-7-2-20(27)14-25(24)28/h2-9,14,18,23H,10-13,15-17H2,1H3/t23-,26-/m1/s1/i10D2,11D2,12D2,13D2. The summed E-state index contributed by atoms with van der Waals surface area (Å²) in [5.74, 6) is -2.12. The number of carbonyl (C=O) groups excluding carboxylic acids is 1. The van der Waals surface area contributed by atoms with Crippen LogP contribution in [-0.2, 0) is 26.6 Å². The summed E-state index contributed by atoms with van der Waals surface area (Å²) in [5.41, 5.74) is 0.401. The topological polar surface area (TPSA) is 69.1 Å². The second-order valence-corrected chi connectivity index (χ2v) is 8.95. The third-order valence-electron chi connectivity index (χ3n) is 5.54. The lowest BCUT2D eigenvalue weighted by Crippen LogP contribution is -2.48. The number of carbonyl (C=O) groups is 1. The van der Waals surface area contributed by atoms with E-state index in [2.05, 4.69) is 4.98 Å². The van der Waals surface area contributed by atoms with Gasteiger partial charge in [0.25, 0.3) is 0 Å². The van der Waals surface area contributed by atoms with E-state index in [1.54, 1.807) is 41.5 Å². The Morgan fingerprint density at radius 3 is 2.64 bits per heavy atom. The van der Waals surface area contributed by atoms with Crippen LogP contribution < -0.4 is 9.64 Å². The van der Waals surface area contributed by atoms with E-state index in [9.17, 15) is 4.79 Å². The largest absolute Gasteiger partial charge is 0.491 e. The number of anilines is 1. The van der Waals surface area contributed by atoms with E-state index < -0.39 is 43.8 Å². The quantitative estimate of drug-likeness (QED) is 0.448. The molecule has 1 amide bonds. The van der Waals surface area contributed by atoms with Gasteiger partial charge in [-0.25, -0.2) is 4.98 Å². The fourth-order valence-electron chi connectivity index (χ4n) is 3.80. The normalized spacial score (nSPS) is 31.0. The van der Waals surface area contributed by atoms with Crippen LogP contribution in [0.1, 0.15) is 23.5 Å². The summed E-state index contributed by atoms with van der Waals surface area (Å²) < 4.78 is 87.2. The van der Waals surface area contributed by atoms with Crippen LogP contribution in [0.3, 0.4) is 0 Å². The average molecular weight is 539 g/mol. The number of nitrogens with zero attached hydrogens (tertiary/aromatic N) is 4. The third-order valence-corrected chi connectivity index (χ3v) is 6.09. The molecule has 0 radical (unpaired) electrons. The van der Waals surface area contributed by atoms with Crippen LogP contribution in [0.15, 0.2) is 61.2 Å². The molecule has 0 spiro atoms. The Bertz CT molecular complexity index is 1500. The Morgan fingerprint density at radius 2 is 1.97 bits per heavy atom. The molecule has 2 fully saturated rings. The molecule has 0 saturated carbocycles. The van der Waals surface area contributed by atoms with Crippen molar-refractivity contribution in [1.29, 1.82) is 0 Å². The number of hydrogen-bond acceptors (Lipinski definition) is 6. The molecular weight excluding hydrogens is 503 g/mol. The summed E-state index contributed by atoms with van der Waals surface area (Å²) in [5, 5.41) is 0.805. The predicted octanol–water partition coefficient (Wildman–Crippen LogP) is 4.21. The third kappa shape index (κ3) is 5.47. The van der Waals surface area contributed by atoms with E-state index in [-0.39, 0.29) is 30.3 Å². The SMILES string of the molecule is [2H]C1([2H])N(C(C)=O)C([2H])([2H])C([2H])([2H])N(c2ccc(OC[C@@H]3CO[C@@](Cn4ccnc4)(c4ccc(Cl)cc4Cl)O3)cc2)C1([2H])[2H]. The number of aromatic nitrogens is 2. The minimum Gasteiger partial charge on any atom is -0.491 e. The zero-order valence-electron chi connectivity index (χ0n) is 27.1. The smallest absolute Gasteiger partial charge is 0.219 e. The summed E-state index contributed by atoms with van der Waals surface area (Å²) in [6, 6.07) is 10.4. The molecule has 0 bridgehead atoms. The molecule has 8 nitrogen and oxygen atoms in total. The second kappa shape index (κ2) is 10.7. The molecule has 3 heterocycles. The monoisotopic (exact) mass is 538 g/mol. The van der Waals surface area contributed by atoms with Gasteiger partial charge >= 0.3 is 0 Å². The summed E-state index contributed by atoms with van der Waals surface area (Å²) in [4.78, 5) is 16.6. The fraction of sp³-hybridized carbons (Fsp3) is 0.385. The maximum Gasteiger partial charge on any atom is 0.219 e. The van der Waals surface area contributed by atoms with Crippen molar-refractivity contribution in [1.82, 2.24) is 14.5 Å². The van der Waals surface area contributed by atoms with Crippen LogP contribution in [0.2, 0.25) is 10.0 Å². The molecule has 5 rings (SSSR count). The number of ether oxygens (including phenoxy) is 3. The maximum atomic E-state index is 12.1. The molecule has 36 heavy (non-hydrogen) atoms. The average Bonchev–Trinajstić information content (AvgIpc) is 3.57. The van der Waals surface area contributed by atoms with Gasteiger partial charge in [0, 0.05) is 61.6 Å². The van der Waals surface area contributed by atoms with Gasteiger partial charge in [0.15, 0.2) is 0 Å². The summed E-state index contributed by atoms with van der Waals surface area (Å²) >= 11 is 12.6. The van der Waals surface area contributed by atoms with Gasteiger partial charge in [0.1, 0.15) is 18.5 Å². The van der Waals surface area contributed by atoms with Gasteiger partial charge in [-0.05, 0) is 36.4 Å². The van der Waals surface area contributed by atoms with Crippen molar-refractivity contribution in [2.75, 3.05) is 44.1 Å². The Morgan fingerprint density at radius 1 is 1.19 bits per heavy atom. The zero-order chi connectivity index (χ0) is 32.3. The molecule has 10 heteroatoms. The molecule has 2 aliphatic heterocycles. The summed E-state index contributed by atoms with van der Waals surface area (Å²) in [7, 11) is 0. The number of imidazole rings is 1. The Kier molecular flexibility index (Phi) is 5.00. The molecule has 2 atom stereocenters. The first-order chi connectivity index (χ1) is 20.4. The van der Waals surface area contributed by atoms with Gasteiger partial charge in [-0.1, -0.05) is 29.3 Å². The van der Waals surface area contributed by atoms with Crippen LogP contribution in [0.25, 0.3) is 0 Å². The first-order valence-electron chi connectivity index (χ1n) is 15.0. The lowest BCUT2D eigenvalue weighted by molar-refractivity contribution is -0.189. The minimum absolute atomic E-state index is 0.0261.